The van der Waals surface area contributed by atoms with E-state index in [9.17, 15) is 18.7 Å². The van der Waals surface area contributed by atoms with Crippen LogP contribution in [0.3, 0.4) is 0 Å². The van der Waals surface area contributed by atoms with Crippen LogP contribution in [0.5, 0.6) is 0 Å². The first-order valence-corrected chi connectivity index (χ1v) is 13.4. The van der Waals surface area contributed by atoms with Gasteiger partial charge in [-0.25, -0.2) is 28.5 Å². The van der Waals surface area contributed by atoms with Gasteiger partial charge in [-0.15, -0.1) is 0 Å². The Morgan fingerprint density at radius 3 is 2.85 bits per heavy atom. The molecule has 9 nitrogen and oxygen atoms in total. The Balaban J connectivity index is 1.35. The van der Waals surface area contributed by atoms with Crippen LogP contribution in [0.25, 0.3) is 10.9 Å². The van der Waals surface area contributed by atoms with Gasteiger partial charge in [-0.05, 0) is 75.8 Å². The molecule has 0 radical (unpaired) electrons. The number of aryl methyl sites for hydroxylation is 2. The second kappa shape index (κ2) is 13.6. The summed E-state index contributed by atoms with van der Waals surface area (Å²) in [4.78, 5) is 26.9. The Morgan fingerprint density at radius 2 is 2.05 bits per heavy atom. The van der Waals surface area contributed by atoms with Crippen LogP contribution in [-0.2, 0) is 22.4 Å². The molecule has 0 fully saturated rings. The van der Waals surface area contributed by atoms with E-state index in [2.05, 4.69) is 37.6 Å². The summed E-state index contributed by atoms with van der Waals surface area (Å²) in [6.45, 7) is 4.88. The fourth-order valence-electron chi connectivity index (χ4n) is 4.80. The molecule has 210 valence electrons. The zero-order valence-corrected chi connectivity index (χ0v) is 22.4. The van der Waals surface area contributed by atoms with E-state index in [-0.39, 0.29) is 29.2 Å². The number of carboxylic acid groups (broad SMARTS) is 1. The van der Waals surface area contributed by atoms with Crippen molar-refractivity contribution < 1.29 is 23.4 Å². The molecule has 3 N–H and O–H groups in total. The summed E-state index contributed by atoms with van der Waals surface area (Å²) in [7, 11) is 1.66. The van der Waals surface area contributed by atoms with Crippen LogP contribution in [0.2, 0.25) is 0 Å². The predicted octanol–water partition coefficient (Wildman–Crippen LogP) is 4.28. The van der Waals surface area contributed by atoms with E-state index in [4.69, 9.17) is 9.72 Å². The molecule has 4 rings (SSSR count). The number of nitrogens with zero attached hydrogens (tertiary/aromatic N) is 4. The Labute approximate surface area is 227 Å². The summed E-state index contributed by atoms with van der Waals surface area (Å²) in [6, 6.07) is 5.61. The summed E-state index contributed by atoms with van der Waals surface area (Å²) in [5.41, 5.74) is 2.15. The van der Waals surface area contributed by atoms with Crippen LogP contribution in [0, 0.1) is 11.6 Å². The monoisotopic (exact) mass is 542 g/mol. The van der Waals surface area contributed by atoms with Gasteiger partial charge in [0, 0.05) is 37.8 Å². The number of benzene rings is 1. The highest BCUT2D eigenvalue weighted by Crippen LogP contribution is 2.24. The molecule has 2 aromatic heterocycles. The number of halogens is 2. The van der Waals surface area contributed by atoms with Gasteiger partial charge >= 0.3 is 5.97 Å². The minimum atomic E-state index is -1.09. The van der Waals surface area contributed by atoms with E-state index in [0.29, 0.717) is 13.1 Å². The molecular formula is C28H36F2N6O3. The number of carbonyl (C=O) groups is 1. The molecule has 3 heterocycles. The second-order valence-corrected chi connectivity index (χ2v) is 9.95. The Bertz CT molecular complexity index is 1280. The van der Waals surface area contributed by atoms with Gasteiger partial charge in [0.25, 0.3) is 0 Å². The first kappa shape index (κ1) is 28.6. The quantitative estimate of drug-likeness (QED) is 0.257. The molecule has 1 aromatic carbocycles. The lowest BCUT2D eigenvalue weighted by atomic mass is 10.1. The van der Waals surface area contributed by atoms with Gasteiger partial charge in [-0.2, -0.15) is 0 Å². The molecule has 0 amide bonds. The number of methoxy groups -OCH3 is 1. The van der Waals surface area contributed by atoms with Gasteiger partial charge in [0.15, 0.2) is 11.6 Å². The van der Waals surface area contributed by atoms with E-state index >= 15 is 0 Å². The maximum atomic E-state index is 14.2. The minimum absolute atomic E-state index is 0.0155. The molecule has 1 aliphatic heterocycles. The number of anilines is 2. The Morgan fingerprint density at radius 1 is 1.21 bits per heavy atom. The number of nitrogens with one attached hydrogen (secondary N) is 2. The first-order chi connectivity index (χ1) is 18.9. The lowest BCUT2D eigenvalue weighted by molar-refractivity contribution is -0.138. The predicted molar refractivity (Wildman–Crippen MR) is 146 cm³/mol. The Hall–Kier alpha value is -3.44. The van der Waals surface area contributed by atoms with Crippen molar-refractivity contribution >= 4 is 28.5 Å². The standard InChI is InChI=1S/C28H36F2N6O3/c1-18(39-2)16-36(14-4-3-7-20-9-8-19-6-5-13-31-26(19)34-20)15-12-23(28(37)38)35-27-21-10-11-22(29)24(30)25(21)32-17-33-27/h8-11,17-18,23H,3-7,12-16H2,1-2H3,(H,31,34)(H,37,38)(H,32,33,35)/t18-,23+/m1/s1. The molecule has 0 spiro atoms. The van der Waals surface area contributed by atoms with Crippen molar-refractivity contribution in [1.29, 1.82) is 0 Å². The van der Waals surface area contributed by atoms with Crippen molar-refractivity contribution in [3.05, 3.63) is 53.5 Å². The SMILES string of the molecule is CO[C@H](C)CN(CCCCc1ccc2c(n1)NCCC2)CC[C@H](Nc1ncnc2c(F)c(F)ccc12)C(=O)O. The van der Waals surface area contributed by atoms with E-state index < -0.39 is 23.6 Å². The third-order valence-corrected chi connectivity index (χ3v) is 7.07. The average Bonchev–Trinajstić information content (AvgIpc) is 2.94. The summed E-state index contributed by atoms with van der Waals surface area (Å²) in [5, 5.41) is 16.4. The second-order valence-electron chi connectivity index (χ2n) is 9.95. The zero-order valence-electron chi connectivity index (χ0n) is 22.4. The van der Waals surface area contributed by atoms with Crippen molar-refractivity contribution in [3.63, 3.8) is 0 Å². The summed E-state index contributed by atoms with van der Waals surface area (Å²) in [6.07, 6.45) is 6.31. The topological polar surface area (TPSA) is 113 Å². The van der Waals surface area contributed by atoms with Crippen LogP contribution in [0.15, 0.2) is 30.6 Å². The molecule has 39 heavy (non-hydrogen) atoms. The normalized spacial score (nSPS) is 14.6. The van der Waals surface area contributed by atoms with Crippen molar-refractivity contribution in [3.8, 4) is 0 Å². The van der Waals surface area contributed by atoms with E-state index in [1.165, 1.54) is 11.6 Å². The molecule has 11 heteroatoms. The van der Waals surface area contributed by atoms with E-state index in [1.807, 2.05) is 6.92 Å². The molecule has 0 bridgehead atoms. The fourth-order valence-corrected chi connectivity index (χ4v) is 4.80. The average molecular weight is 543 g/mol. The third kappa shape index (κ3) is 7.57. The van der Waals surface area contributed by atoms with Crippen molar-refractivity contribution in [2.45, 2.75) is 57.6 Å². The molecule has 0 unspecified atom stereocenters. The first-order valence-electron chi connectivity index (χ1n) is 13.4. The maximum Gasteiger partial charge on any atom is 0.326 e. The number of unbranched alkanes of at least 4 members (excludes halogenated alkanes) is 1. The largest absolute Gasteiger partial charge is 0.480 e. The van der Waals surface area contributed by atoms with Crippen molar-refractivity contribution in [1.82, 2.24) is 19.9 Å². The summed E-state index contributed by atoms with van der Waals surface area (Å²) >= 11 is 0. The number of carboxylic acids is 1. The van der Waals surface area contributed by atoms with Gasteiger partial charge < -0.3 is 25.4 Å². The molecule has 0 aliphatic carbocycles. The van der Waals surface area contributed by atoms with Gasteiger partial charge in [-0.3, -0.25) is 0 Å². The van der Waals surface area contributed by atoms with Gasteiger partial charge in [0.2, 0.25) is 0 Å². The zero-order chi connectivity index (χ0) is 27.8. The van der Waals surface area contributed by atoms with Crippen LogP contribution in [0.1, 0.15) is 43.9 Å². The molecule has 3 aromatic rings. The van der Waals surface area contributed by atoms with Crippen LogP contribution in [0.4, 0.5) is 20.4 Å². The third-order valence-electron chi connectivity index (χ3n) is 7.07. The van der Waals surface area contributed by atoms with E-state index in [1.54, 1.807) is 7.11 Å². The summed E-state index contributed by atoms with van der Waals surface area (Å²) in [5.74, 6) is -2.02. The number of ether oxygens (including phenoxy) is 1. The highest BCUT2D eigenvalue weighted by molar-refractivity contribution is 5.91. The number of fused-ring (bicyclic) bond motifs is 2. The van der Waals surface area contributed by atoms with Crippen LogP contribution >= 0.6 is 0 Å². The fraction of sp³-hybridized carbons (Fsp3) is 0.500. The van der Waals surface area contributed by atoms with Gasteiger partial charge in [0.05, 0.1) is 6.10 Å². The number of hydrogen-bond acceptors (Lipinski definition) is 8. The lowest BCUT2D eigenvalue weighted by Crippen LogP contribution is -2.38. The number of aromatic nitrogens is 3. The smallest absolute Gasteiger partial charge is 0.326 e. The van der Waals surface area contributed by atoms with Crippen molar-refractivity contribution in [2.24, 2.45) is 0 Å². The number of pyridine rings is 1. The lowest BCUT2D eigenvalue weighted by Gasteiger charge is -2.27. The number of rotatable bonds is 14. The van der Waals surface area contributed by atoms with Crippen molar-refractivity contribution in [2.75, 3.05) is 43.9 Å². The molecule has 0 saturated heterocycles. The number of hydrogen-bond donors (Lipinski definition) is 3. The molecule has 0 saturated carbocycles. The summed E-state index contributed by atoms with van der Waals surface area (Å²) < 4.78 is 33.3. The van der Waals surface area contributed by atoms with E-state index in [0.717, 1.165) is 69.1 Å². The van der Waals surface area contributed by atoms with Gasteiger partial charge in [0.1, 0.15) is 29.5 Å². The van der Waals surface area contributed by atoms with Crippen LogP contribution in [-0.4, -0.2) is 76.4 Å². The minimum Gasteiger partial charge on any atom is -0.480 e. The van der Waals surface area contributed by atoms with Gasteiger partial charge in [-0.1, -0.05) is 6.07 Å². The highest BCUT2D eigenvalue weighted by atomic mass is 19.2. The molecular weight excluding hydrogens is 506 g/mol. The number of aliphatic carboxylic acids is 1. The maximum absolute atomic E-state index is 14.2. The molecule has 1 aliphatic rings. The molecule has 2 atom stereocenters. The highest BCUT2D eigenvalue weighted by Gasteiger charge is 2.22. The Kier molecular flexibility index (Phi) is 9.94. The van der Waals surface area contributed by atoms with Crippen LogP contribution < -0.4 is 10.6 Å².